The Labute approximate surface area is 127 Å². The zero-order valence-electron chi connectivity index (χ0n) is 11.0. The average molecular weight is 353 g/mol. The molecule has 1 heterocycles. The van der Waals surface area contributed by atoms with Crippen molar-refractivity contribution in [2.45, 2.75) is 11.8 Å². The van der Waals surface area contributed by atoms with E-state index in [1.165, 1.54) is 6.07 Å². The summed E-state index contributed by atoms with van der Waals surface area (Å²) >= 11 is 3.43. The minimum atomic E-state index is -0.609. The molecule has 2 N–H and O–H groups in total. The molecular formula is C15H11BrF2N2O. The molecule has 108 valence electrons. The summed E-state index contributed by atoms with van der Waals surface area (Å²) in [5, 5.41) is 0. The lowest BCUT2D eigenvalue weighted by Crippen LogP contribution is -2.00. The molecule has 1 atom stereocenters. The number of hydrogen-bond acceptors (Lipinski definition) is 1. The highest BCUT2D eigenvalue weighted by molar-refractivity contribution is 9.09. The Morgan fingerprint density at radius 2 is 1.76 bits per heavy atom. The van der Waals surface area contributed by atoms with Gasteiger partial charge in [-0.25, -0.2) is 13.6 Å². The third-order valence-corrected chi connectivity index (χ3v) is 4.41. The molecule has 0 bridgehead atoms. The first-order valence-corrected chi connectivity index (χ1v) is 7.19. The molecular weight excluding hydrogens is 342 g/mol. The summed E-state index contributed by atoms with van der Waals surface area (Å²) in [6.45, 7) is 1.59. The number of benzene rings is 2. The van der Waals surface area contributed by atoms with Gasteiger partial charge >= 0.3 is 5.69 Å². The van der Waals surface area contributed by atoms with Crippen LogP contribution in [-0.2, 0) is 0 Å². The van der Waals surface area contributed by atoms with E-state index in [0.29, 0.717) is 22.2 Å². The van der Waals surface area contributed by atoms with Crippen molar-refractivity contribution < 1.29 is 8.78 Å². The summed E-state index contributed by atoms with van der Waals surface area (Å²) in [6, 6.07) is 7.64. The van der Waals surface area contributed by atoms with Crippen LogP contribution >= 0.6 is 15.9 Å². The van der Waals surface area contributed by atoms with E-state index >= 15 is 0 Å². The van der Waals surface area contributed by atoms with Crippen LogP contribution in [0.15, 0.2) is 35.1 Å². The second-order valence-corrected chi connectivity index (χ2v) is 5.79. The molecule has 3 rings (SSSR count). The number of halogens is 3. The number of nitrogens with one attached hydrogen (secondary N) is 2. The molecule has 0 fully saturated rings. The summed E-state index contributed by atoms with van der Waals surface area (Å²) < 4.78 is 27.3. The zero-order chi connectivity index (χ0) is 15.1. The quantitative estimate of drug-likeness (QED) is 0.674. The maximum Gasteiger partial charge on any atom is 0.323 e. The fraction of sp³-hybridized carbons (Fsp3) is 0.133. The number of hydrogen-bond donors (Lipinski definition) is 2. The van der Waals surface area contributed by atoms with Gasteiger partial charge < -0.3 is 9.97 Å². The topological polar surface area (TPSA) is 48.6 Å². The maximum atomic E-state index is 14.0. The lowest BCUT2D eigenvalue weighted by molar-refractivity contribution is 0.569. The summed E-state index contributed by atoms with van der Waals surface area (Å²) in [5.74, 6) is -1.18. The predicted octanol–water partition coefficient (Wildman–Crippen LogP) is 3.93. The molecule has 3 nitrogen and oxygen atoms in total. The molecule has 0 spiro atoms. The predicted molar refractivity (Wildman–Crippen MR) is 80.8 cm³/mol. The number of alkyl halides is 1. The van der Waals surface area contributed by atoms with Crippen molar-refractivity contribution in [2.24, 2.45) is 0 Å². The Balaban J connectivity index is 2.09. The van der Waals surface area contributed by atoms with Crippen LogP contribution in [0.5, 0.6) is 0 Å². The molecule has 6 heteroatoms. The molecule has 3 aromatic rings. The van der Waals surface area contributed by atoms with Crippen LogP contribution in [0.3, 0.4) is 0 Å². The van der Waals surface area contributed by atoms with Gasteiger partial charge in [0.05, 0.1) is 15.9 Å². The molecule has 0 saturated carbocycles. The SMILES string of the molecule is Cc1cc(C(Br)c2ccc3[nH]c(=O)[nH]c3c2)c(F)cc1F. The highest BCUT2D eigenvalue weighted by Gasteiger charge is 2.17. The molecule has 0 saturated heterocycles. The van der Waals surface area contributed by atoms with Crippen LogP contribution < -0.4 is 5.69 Å². The van der Waals surface area contributed by atoms with Crippen molar-refractivity contribution in [3.8, 4) is 0 Å². The van der Waals surface area contributed by atoms with Crippen LogP contribution in [0.4, 0.5) is 8.78 Å². The van der Waals surface area contributed by atoms with Gasteiger partial charge in [0, 0.05) is 11.6 Å². The maximum absolute atomic E-state index is 14.0. The van der Waals surface area contributed by atoms with E-state index in [9.17, 15) is 13.6 Å². The molecule has 0 aliphatic heterocycles. The third kappa shape index (κ3) is 2.51. The van der Waals surface area contributed by atoms with Crippen LogP contribution in [-0.4, -0.2) is 9.97 Å². The van der Waals surface area contributed by atoms with Gasteiger partial charge in [0.2, 0.25) is 0 Å². The fourth-order valence-electron chi connectivity index (χ4n) is 2.26. The number of aromatic nitrogens is 2. The average Bonchev–Trinajstić information content (AvgIpc) is 2.81. The standard InChI is InChI=1S/C15H11BrF2N2O/c1-7-4-9(11(18)6-10(7)17)14(16)8-2-3-12-13(5-8)20-15(21)19-12/h2-6,14H,1H3,(H2,19,20,21). The summed E-state index contributed by atoms with van der Waals surface area (Å²) in [4.78, 5) is 16.1. The van der Waals surface area contributed by atoms with Crippen LogP contribution in [0.2, 0.25) is 0 Å². The smallest absolute Gasteiger partial charge is 0.306 e. The molecule has 21 heavy (non-hydrogen) atoms. The Morgan fingerprint density at radius 1 is 1.05 bits per heavy atom. The first-order chi connectivity index (χ1) is 9.95. The summed E-state index contributed by atoms with van der Waals surface area (Å²) in [5.41, 5.74) is 2.53. The fourth-order valence-corrected chi connectivity index (χ4v) is 2.90. The van der Waals surface area contributed by atoms with Crippen molar-refractivity contribution in [1.29, 1.82) is 0 Å². The van der Waals surface area contributed by atoms with Crippen molar-refractivity contribution in [1.82, 2.24) is 9.97 Å². The summed E-state index contributed by atoms with van der Waals surface area (Å²) in [7, 11) is 0. The molecule has 0 radical (unpaired) electrons. The minimum Gasteiger partial charge on any atom is -0.306 e. The number of aryl methyl sites for hydroxylation is 1. The third-order valence-electron chi connectivity index (χ3n) is 3.38. The Hall–Kier alpha value is -1.95. The van der Waals surface area contributed by atoms with Gasteiger partial charge in [-0.3, -0.25) is 0 Å². The normalized spacial score (nSPS) is 12.8. The second kappa shape index (κ2) is 5.11. The minimum absolute atomic E-state index is 0.294. The van der Waals surface area contributed by atoms with Gasteiger partial charge in [-0.1, -0.05) is 22.0 Å². The van der Waals surface area contributed by atoms with E-state index in [1.54, 1.807) is 25.1 Å². The van der Waals surface area contributed by atoms with E-state index in [2.05, 4.69) is 25.9 Å². The summed E-state index contributed by atoms with van der Waals surface area (Å²) in [6.07, 6.45) is 0. The highest BCUT2D eigenvalue weighted by Crippen LogP contribution is 2.34. The lowest BCUT2D eigenvalue weighted by atomic mass is 10.0. The Kier molecular flexibility index (Phi) is 3.41. The van der Waals surface area contributed by atoms with Crippen molar-refractivity contribution >= 4 is 27.0 Å². The van der Waals surface area contributed by atoms with E-state index in [-0.39, 0.29) is 5.69 Å². The number of imidazole rings is 1. The van der Waals surface area contributed by atoms with Crippen molar-refractivity contribution in [2.75, 3.05) is 0 Å². The molecule has 1 aromatic heterocycles. The lowest BCUT2D eigenvalue weighted by Gasteiger charge is -2.13. The van der Waals surface area contributed by atoms with Gasteiger partial charge in [-0.2, -0.15) is 0 Å². The molecule has 1 unspecified atom stereocenters. The second-order valence-electron chi connectivity index (χ2n) is 4.87. The van der Waals surface area contributed by atoms with E-state index in [0.717, 1.165) is 11.6 Å². The first-order valence-electron chi connectivity index (χ1n) is 6.27. The monoisotopic (exact) mass is 352 g/mol. The molecule has 0 aliphatic carbocycles. The molecule has 2 aromatic carbocycles. The van der Waals surface area contributed by atoms with Crippen molar-refractivity contribution in [3.63, 3.8) is 0 Å². The Morgan fingerprint density at radius 3 is 2.52 bits per heavy atom. The van der Waals surface area contributed by atoms with Gasteiger partial charge in [0.25, 0.3) is 0 Å². The van der Waals surface area contributed by atoms with Gasteiger partial charge in [0.15, 0.2) is 0 Å². The number of fused-ring (bicyclic) bond motifs is 1. The van der Waals surface area contributed by atoms with Gasteiger partial charge in [-0.05, 0) is 36.2 Å². The number of rotatable bonds is 2. The van der Waals surface area contributed by atoms with E-state index in [1.807, 2.05) is 0 Å². The van der Waals surface area contributed by atoms with Crippen LogP contribution in [0.25, 0.3) is 11.0 Å². The van der Waals surface area contributed by atoms with E-state index < -0.39 is 16.5 Å². The number of aromatic amines is 2. The van der Waals surface area contributed by atoms with Crippen LogP contribution in [0.1, 0.15) is 21.5 Å². The highest BCUT2D eigenvalue weighted by atomic mass is 79.9. The Bertz CT molecular complexity index is 885. The largest absolute Gasteiger partial charge is 0.323 e. The van der Waals surface area contributed by atoms with Crippen molar-refractivity contribution in [3.05, 3.63) is 69.1 Å². The van der Waals surface area contributed by atoms with Gasteiger partial charge in [0.1, 0.15) is 11.6 Å². The van der Waals surface area contributed by atoms with Crippen LogP contribution in [0, 0.1) is 18.6 Å². The zero-order valence-corrected chi connectivity index (χ0v) is 12.6. The van der Waals surface area contributed by atoms with Gasteiger partial charge in [-0.15, -0.1) is 0 Å². The van der Waals surface area contributed by atoms with E-state index in [4.69, 9.17) is 0 Å². The molecule has 0 aliphatic rings. The molecule has 0 amide bonds. The first kappa shape index (κ1) is 14.0. The number of H-pyrrole nitrogens is 2.